The lowest BCUT2D eigenvalue weighted by molar-refractivity contribution is 0.0982. The van der Waals surface area contributed by atoms with Crippen molar-refractivity contribution in [1.82, 2.24) is 5.32 Å². The number of carbonyl (C=O) groups excluding carboxylic acids is 1. The third kappa shape index (κ3) is 4.01. The molecule has 3 aromatic carbocycles. The van der Waals surface area contributed by atoms with E-state index in [4.69, 9.17) is 0 Å². The molecule has 1 N–H and O–H groups in total. The predicted octanol–water partition coefficient (Wildman–Crippen LogP) is 5.05. The third-order valence-corrected chi connectivity index (χ3v) is 5.35. The minimum Gasteiger partial charge on any atom is -0.313 e. The van der Waals surface area contributed by atoms with Crippen molar-refractivity contribution in [2.75, 3.05) is 6.54 Å². The van der Waals surface area contributed by atoms with E-state index in [9.17, 15) is 4.79 Å². The summed E-state index contributed by atoms with van der Waals surface area (Å²) in [6, 6.07) is 25.5. The molecule has 1 aliphatic rings. The molecule has 1 aliphatic carbocycles. The highest BCUT2D eigenvalue weighted by atomic mass is 16.1. The molecule has 0 fully saturated rings. The molecule has 1 unspecified atom stereocenters. The van der Waals surface area contributed by atoms with Crippen LogP contribution in [-0.2, 0) is 12.8 Å². The van der Waals surface area contributed by atoms with Crippen molar-refractivity contribution in [3.05, 3.63) is 95.1 Å². The Balaban J connectivity index is 1.32. The average molecular weight is 355 g/mol. The zero-order valence-corrected chi connectivity index (χ0v) is 15.7. The van der Waals surface area contributed by atoms with E-state index in [0.717, 1.165) is 18.4 Å². The average Bonchev–Trinajstić information content (AvgIpc) is 3.06. The molecule has 4 rings (SSSR count). The van der Waals surface area contributed by atoms with E-state index in [2.05, 4.69) is 72.9 Å². The molecule has 0 radical (unpaired) electrons. The molecular formula is C25H25NO. The second kappa shape index (κ2) is 7.89. The van der Waals surface area contributed by atoms with Crippen molar-refractivity contribution >= 4 is 5.78 Å². The zero-order valence-electron chi connectivity index (χ0n) is 15.7. The van der Waals surface area contributed by atoms with Gasteiger partial charge in [0.25, 0.3) is 0 Å². The molecular weight excluding hydrogens is 330 g/mol. The summed E-state index contributed by atoms with van der Waals surface area (Å²) in [5, 5.41) is 3.48. The second-order valence-electron chi connectivity index (χ2n) is 7.42. The summed E-state index contributed by atoms with van der Waals surface area (Å²) >= 11 is 0. The Morgan fingerprint density at radius 2 is 1.67 bits per heavy atom. The third-order valence-electron chi connectivity index (χ3n) is 5.35. The lowest BCUT2D eigenvalue weighted by Crippen LogP contribution is -2.30. The highest BCUT2D eigenvalue weighted by molar-refractivity contribution is 5.97. The van der Waals surface area contributed by atoms with Crippen LogP contribution in [0.25, 0.3) is 11.1 Å². The van der Waals surface area contributed by atoms with Gasteiger partial charge >= 0.3 is 0 Å². The van der Waals surface area contributed by atoms with Gasteiger partial charge in [0.05, 0.1) is 0 Å². The molecule has 1 atom stereocenters. The van der Waals surface area contributed by atoms with Gasteiger partial charge in [-0.1, -0.05) is 66.7 Å². The predicted molar refractivity (Wildman–Crippen MR) is 111 cm³/mol. The van der Waals surface area contributed by atoms with Gasteiger partial charge in [0.1, 0.15) is 0 Å². The van der Waals surface area contributed by atoms with Gasteiger partial charge < -0.3 is 5.32 Å². The van der Waals surface area contributed by atoms with Crippen LogP contribution in [0, 0.1) is 0 Å². The Morgan fingerprint density at radius 1 is 0.926 bits per heavy atom. The van der Waals surface area contributed by atoms with Crippen LogP contribution in [0.4, 0.5) is 0 Å². The maximum absolute atomic E-state index is 12.6. The highest BCUT2D eigenvalue weighted by Gasteiger charge is 2.19. The van der Waals surface area contributed by atoms with Crippen LogP contribution in [0.1, 0.15) is 40.4 Å². The first-order valence-electron chi connectivity index (χ1n) is 9.72. The smallest absolute Gasteiger partial charge is 0.164 e. The van der Waals surface area contributed by atoms with E-state index in [1.807, 2.05) is 12.1 Å². The van der Waals surface area contributed by atoms with Gasteiger partial charge in [-0.3, -0.25) is 4.79 Å². The Labute approximate surface area is 161 Å². The van der Waals surface area contributed by atoms with E-state index < -0.39 is 0 Å². The lowest BCUT2D eigenvalue weighted by atomic mass is 10.0. The Bertz CT molecular complexity index is 946. The molecule has 136 valence electrons. The number of nitrogens with one attached hydrogen (secondary N) is 1. The maximum Gasteiger partial charge on any atom is 0.164 e. The fraction of sp³-hybridized carbons (Fsp3) is 0.240. The van der Waals surface area contributed by atoms with Crippen LogP contribution in [0.3, 0.4) is 0 Å². The van der Waals surface area contributed by atoms with Crippen LogP contribution in [0.5, 0.6) is 0 Å². The van der Waals surface area contributed by atoms with Crippen molar-refractivity contribution in [2.24, 2.45) is 0 Å². The van der Waals surface area contributed by atoms with Crippen molar-refractivity contribution in [2.45, 2.75) is 32.2 Å². The lowest BCUT2D eigenvalue weighted by Gasteiger charge is -2.13. The molecule has 0 saturated heterocycles. The van der Waals surface area contributed by atoms with Crippen LogP contribution >= 0.6 is 0 Å². The number of benzene rings is 3. The molecule has 27 heavy (non-hydrogen) atoms. The van der Waals surface area contributed by atoms with Gasteiger partial charge in [0, 0.05) is 24.6 Å². The van der Waals surface area contributed by atoms with Gasteiger partial charge in [-0.2, -0.15) is 0 Å². The number of Topliss-reactive ketones (excluding diaryl/α,β-unsaturated/α-hetero) is 1. The summed E-state index contributed by atoms with van der Waals surface area (Å²) in [5.41, 5.74) is 7.36. The first-order chi connectivity index (χ1) is 13.2. The zero-order chi connectivity index (χ0) is 18.6. The number of carbonyl (C=O) groups is 1. The molecule has 0 aliphatic heterocycles. The summed E-state index contributed by atoms with van der Waals surface area (Å²) in [6.07, 6.45) is 2.44. The Kier molecular flexibility index (Phi) is 5.17. The van der Waals surface area contributed by atoms with Gasteiger partial charge in [-0.05, 0) is 53.6 Å². The first kappa shape index (κ1) is 17.7. The van der Waals surface area contributed by atoms with E-state index >= 15 is 0 Å². The molecule has 0 aromatic heterocycles. The molecule has 0 spiro atoms. The van der Waals surface area contributed by atoms with Crippen molar-refractivity contribution in [1.29, 1.82) is 0 Å². The Hall–Kier alpha value is -2.71. The van der Waals surface area contributed by atoms with Crippen LogP contribution < -0.4 is 5.32 Å². The molecule has 2 nitrogen and oxygen atoms in total. The van der Waals surface area contributed by atoms with Gasteiger partial charge in [-0.25, -0.2) is 0 Å². The highest BCUT2D eigenvalue weighted by Crippen LogP contribution is 2.36. The quantitative estimate of drug-likeness (QED) is 0.470. The second-order valence-corrected chi connectivity index (χ2v) is 7.42. The summed E-state index contributed by atoms with van der Waals surface area (Å²) in [6.45, 7) is 2.88. The molecule has 2 heteroatoms. The van der Waals surface area contributed by atoms with Gasteiger partial charge in [0.2, 0.25) is 0 Å². The minimum absolute atomic E-state index is 0.216. The monoisotopic (exact) mass is 355 g/mol. The number of hydrogen-bond donors (Lipinski definition) is 1. The maximum atomic E-state index is 12.6. The van der Waals surface area contributed by atoms with Crippen LogP contribution in [-0.4, -0.2) is 18.4 Å². The normalized spacial score (nSPS) is 13.1. The van der Waals surface area contributed by atoms with E-state index in [1.165, 1.54) is 27.8 Å². The van der Waals surface area contributed by atoms with E-state index in [0.29, 0.717) is 19.0 Å². The Morgan fingerprint density at radius 3 is 2.52 bits per heavy atom. The number of ketones is 1. The largest absolute Gasteiger partial charge is 0.313 e. The topological polar surface area (TPSA) is 29.1 Å². The summed E-state index contributed by atoms with van der Waals surface area (Å²) < 4.78 is 0. The fourth-order valence-electron chi connectivity index (χ4n) is 3.93. The number of rotatable bonds is 7. The number of fused-ring (bicyclic) bond motifs is 3. The van der Waals surface area contributed by atoms with Crippen LogP contribution in [0.2, 0.25) is 0 Å². The molecule has 0 heterocycles. The van der Waals surface area contributed by atoms with Crippen molar-refractivity contribution in [3.8, 4) is 11.1 Å². The van der Waals surface area contributed by atoms with Gasteiger partial charge in [0.15, 0.2) is 5.78 Å². The summed E-state index contributed by atoms with van der Waals surface area (Å²) in [5.74, 6) is 0.216. The van der Waals surface area contributed by atoms with Crippen molar-refractivity contribution < 1.29 is 4.79 Å². The van der Waals surface area contributed by atoms with E-state index in [1.54, 1.807) is 0 Å². The molecule has 0 bridgehead atoms. The molecule has 0 amide bonds. The minimum atomic E-state index is 0.216. The molecule has 0 saturated carbocycles. The van der Waals surface area contributed by atoms with Crippen molar-refractivity contribution in [3.63, 3.8) is 0 Å². The van der Waals surface area contributed by atoms with E-state index in [-0.39, 0.29) is 5.78 Å². The summed E-state index contributed by atoms with van der Waals surface area (Å²) in [4.78, 5) is 12.6. The SMILES string of the molecule is CC(Cc1ccccc1)NCCC(=O)c1ccc2c(c1)Cc1ccccc1-2. The first-order valence-corrected chi connectivity index (χ1v) is 9.72. The fourth-order valence-corrected chi connectivity index (χ4v) is 3.93. The van der Waals surface area contributed by atoms with Crippen LogP contribution in [0.15, 0.2) is 72.8 Å². The summed E-state index contributed by atoms with van der Waals surface area (Å²) in [7, 11) is 0. The number of hydrogen-bond acceptors (Lipinski definition) is 2. The standard InChI is InChI=1S/C25H25NO/c1-18(15-19-7-3-2-4-8-19)26-14-13-25(27)21-11-12-24-22(17-21)16-20-9-5-6-10-23(20)24/h2-12,17-18,26H,13-16H2,1H3. The van der Waals surface area contributed by atoms with Gasteiger partial charge in [-0.15, -0.1) is 0 Å². The molecule has 3 aromatic rings.